The summed E-state index contributed by atoms with van der Waals surface area (Å²) in [6, 6.07) is 6.51. The van der Waals surface area contributed by atoms with Crippen molar-refractivity contribution in [2.75, 3.05) is 12.3 Å². The van der Waals surface area contributed by atoms with Crippen molar-refractivity contribution in [3.05, 3.63) is 29.3 Å². The fraction of sp³-hybridized carbons (Fsp3) is 0.417. The average Bonchev–Trinajstić information content (AvgIpc) is 3.13. The molecule has 0 radical (unpaired) electrons. The molecule has 1 aromatic rings. The van der Waals surface area contributed by atoms with Gasteiger partial charge in [0.1, 0.15) is 0 Å². The number of rotatable bonds is 5. The van der Waals surface area contributed by atoms with E-state index in [9.17, 15) is 8.42 Å². The molecule has 2 rings (SSSR count). The second kappa shape index (κ2) is 5.79. The van der Waals surface area contributed by atoms with Crippen LogP contribution in [-0.2, 0) is 9.84 Å². The van der Waals surface area contributed by atoms with E-state index in [1.165, 1.54) is 12.1 Å². The van der Waals surface area contributed by atoms with Crippen LogP contribution >= 0.6 is 11.6 Å². The Balaban J connectivity index is 1.91. The molecule has 1 aliphatic carbocycles. The van der Waals surface area contributed by atoms with Crippen molar-refractivity contribution in [2.24, 2.45) is 10.7 Å². The Morgan fingerprint density at radius 1 is 1.37 bits per heavy atom. The summed E-state index contributed by atoms with van der Waals surface area (Å²) >= 11 is 5.72. The lowest BCUT2D eigenvalue weighted by Gasteiger charge is -2.04. The van der Waals surface area contributed by atoms with Crippen LogP contribution in [0.4, 0.5) is 0 Å². The van der Waals surface area contributed by atoms with Crippen LogP contribution in [-0.4, -0.2) is 32.7 Å². The van der Waals surface area contributed by atoms with Crippen molar-refractivity contribution in [2.45, 2.75) is 23.8 Å². The van der Waals surface area contributed by atoms with Gasteiger partial charge in [0.15, 0.2) is 15.8 Å². The minimum Gasteiger partial charge on any atom is -0.370 e. The fourth-order valence-corrected chi connectivity index (χ4v) is 2.77. The van der Waals surface area contributed by atoms with Crippen molar-refractivity contribution in [3.63, 3.8) is 0 Å². The molecule has 1 fully saturated rings. The van der Waals surface area contributed by atoms with E-state index < -0.39 is 9.84 Å². The molecule has 5 nitrogen and oxygen atoms in total. The van der Waals surface area contributed by atoms with E-state index in [2.05, 4.69) is 10.3 Å². The summed E-state index contributed by atoms with van der Waals surface area (Å²) in [5, 5.41) is 3.51. The van der Waals surface area contributed by atoms with Crippen molar-refractivity contribution in [1.29, 1.82) is 0 Å². The molecule has 0 heterocycles. The Labute approximate surface area is 117 Å². The standard InChI is InChI=1S/C12H16ClN3O2S/c13-9-1-5-11(6-2-9)19(17,18)8-7-15-12(14)16-10-3-4-10/h1-2,5-6,10H,3-4,7-8H2,(H3,14,15,16). The number of hydrogen-bond donors (Lipinski definition) is 2. The van der Waals surface area contributed by atoms with Crippen molar-refractivity contribution in [3.8, 4) is 0 Å². The van der Waals surface area contributed by atoms with Gasteiger partial charge in [-0.25, -0.2) is 8.42 Å². The molecule has 0 saturated heterocycles. The van der Waals surface area contributed by atoms with Gasteiger partial charge in [-0.1, -0.05) is 11.6 Å². The zero-order valence-electron chi connectivity index (χ0n) is 10.3. The Kier molecular flexibility index (Phi) is 4.31. The molecule has 0 unspecified atom stereocenters. The highest BCUT2D eigenvalue weighted by Crippen LogP contribution is 2.18. The molecule has 0 aliphatic heterocycles. The number of guanidine groups is 1. The maximum absolute atomic E-state index is 12.0. The molecule has 0 atom stereocenters. The van der Waals surface area contributed by atoms with E-state index in [0.717, 1.165) is 12.8 Å². The topological polar surface area (TPSA) is 84.5 Å². The third kappa shape index (κ3) is 4.40. The normalized spacial score (nSPS) is 16.4. The van der Waals surface area contributed by atoms with Gasteiger partial charge >= 0.3 is 0 Å². The number of nitrogens with two attached hydrogens (primary N) is 1. The largest absolute Gasteiger partial charge is 0.370 e. The predicted octanol–water partition coefficient (Wildman–Crippen LogP) is 1.18. The third-order valence-corrected chi connectivity index (χ3v) is 4.71. The summed E-state index contributed by atoms with van der Waals surface area (Å²) in [4.78, 5) is 4.26. The lowest BCUT2D eigenvalue weighted by molar-refractivity contribution is 0.596. The molecule has 1 aliphatic rings. The first-order valence-electron chi connectivity index (χ1n) is 6.02. The second-order valence-electron chi connectivity index (χ2n) is 4.46. The first kappa shape index (κ1) is 14.1. The first-order valence-corrected chi connectivity index (χ1v) is 8.05. The summed E-state index contributed by atoms with van der Waals surface area (Å²) < 4.78 is 24.0. The van der Waals surface area contributed by atoms with Crippen LogP contribution in [0.25, 0.3) is 0 Å². The molecular formula is C12H16ClN3O2S. The monoisotopic (exact) mass is 301 g/mol. The zero-order valence-corrected chi connectivity index (χ0v) is 11.9. The van der Waals surface area contributed by atoms with Gasteiger partial charge in [0, 0.05) is 11.1 Å². The maximum Gasteiger partial charge on any atom is 0.188 e. The highest BCUT2D eigenvalue weighted by molar-refractivity contribution is 7.91. The lowest BCUT2D eigenvalue weighted by Crippen LogP contribution is -2.33. The summed E-state index contributed by atoms with van der Waals surface area (Å²) in [6.45, 7) is 0.149. The molecule has 104 valence electrons. The number of benzene rings is 1. The third-order valence-electron chi connectivity index (χ3n) is 2.74. The smallest absolute Gasteiger partial charge is 0.188 e. The molecule has 0 bridgehead atoms. The van der Waals surface area contributed by atoms with Gasteiger partial charge in [0.25, 0.3) is 0 Å². The van der Waals surface area contributed by atoms with Gasteiger partial charge in [-0.2, -0.15) is 0 Å². The van der Waals surface area contributed by atoms with Gasteiger partial charge in [-0.05, 0) is 37.1 Å². The minimum atomic E-state index is -3.33. The second-order valence-corrected chi connectivity index (χ2v) is 7.00. The van der Waals surface area contributed by atoms with Crippen LogP contribution in [0.1, 0.15) is 12.8 Å². The first-order chi connectivity index (χ1) is 8.97. The van der Waals surface area contributed by atoms with Gasteiger partial charge in [-0.3, -0.25) is 4.99 Å². The molecule has 19 heavy (non-hydrogen) atoms. The van der Waals surface area contributed by atoms with Gasteiger partial charge in [0.2, 0.25) is 0 Å². The molecule has 1 aromatic carbocycles. The summed E-state index contributed by atoms with van der Waals surface area (Å²) in [5.74, 6) is 0.246. The Hall–Kier alpha value is -1.27. The van der Waals surface area contributed by atoms with Gasteiger partial charge < -0.3 is 11.1 Å². The highest BCUT2D eigenvalue weighted by Gasteiger charge is 2.21. The van der Waals surface area contributed by atoms with Crippen LogP contribution in [0, 0.1) is 0 Å². The maximum atomic E-state index is 12.0. The Morgan fingerprint density at radius 2 is 2.00 bits per heavy atom. The number of aliphatic imine (C=N–C) groups is 1. The van der Waals surface area contributed by atoms with E-state index in [0.29, 0.717) is 17.0 Å². The summed E-state index contributed by atoms with van der Waals surface area (Å²) in [7, 11) is -3.33. The van der Waals surface area contributed by atoms with E-state index in [1.807, 2.05) is 0 Å². The summed E-state index contributed by atoms with van der Waals surface area (Å²) in [6.07, 6.45) is 2.19. The molecule has 0 amide bonds. The highest BCUT2D eigenvalue weighted by atomic mass is 35.5. The number of nitrogens with zero attached hydrogens (tertiary/aromatic N) is 1. The fourth-order valence-electron chi connectivity index (χ4n) is 1.53. The number of hydrogen-bond acceptors (Lipinski definition) is 3. The van der Waals surface area contributed by atoms with E-state index >= 15 is 0 Å². The van der Waals surface area contributed by atoms with E-state index in [-0.39, 0.29) is 17.2 Å². The van der Waals surface area contributed by atoms with Crippen LogP contribution in [0.3, 0.4) is 0 Å². The SMILES string of the molecule is NC(=NCCS(=O)(=O)c1ccc(Cl)cc1)NC1CC1. The average molecular weight is 302 g/mol. The Bertz CT molecular complexity index is 565. The van der Waals surface area contributed by atoms with Crippen molar-refractivity contribution in [1.82, 2.24) is 5.32 Å². The number of sulfone groups is 1. The van der Waals surface area contributed by atoms with Crippen LogP contribution in [0.5, 0.6) is 0 Å². The molecule has 0 aromatic heterocycles. The minimum absolute atomic E-state index is 0.0678. The van der Waals surface area contributed by atoms with Crippen LogP contribution < -0.4 is 11.1 Å². The van der Waals surface area contributed by atoms with Crippen LogP contribution in [0.2, 0.25) is 5.02 Å². The van der Waals surface area contributed by atoms with Crippen molar-refractivity contribution >= 4 is 27.4 Å². The van der Waals surface area contributed by atoms with Gasteiger partial charge in [-0.15, -0.1) is 0 Å². The summed E-state index contributed by atoms with van der Waals surface area (Å²) in [5.41, 5.74) is 5.63. The molecule has 3 N–H and O–H groups in total. The van der Waals surface area contributed by atoms with Crippen molar-refractivity contribution < 1.29 is 8.42 Å². The lowest BCUT2D eigenvalue weighted by atomic mass is 10.4. The van der Waals surface area contributed by atoms with Gasteiger partial charge in [0.05, 0.1) is 17.2 Å². The zero-order chi connectivity index (χ0) is 13.9. The van der Waals surface area contributed by atoms with Crippen LogP contribution in [0.15, 0.2) is 34.2 Å². The molecule has 7 heteroatoms. The molecular weight excluding hydrogens is 286 g/mol. The number of halogens is 1. The number of nitrogens with one attached hydrogen (secondary N) is 1. The predicted molar refractivity (Wildman–Crippen MR) is 76.2 cm³/mol. The Morgan fingerprint density at radius 3 is 2.58 bits per heavy atom. The van der Waals surface area contributed by atoms with E-state index in [4.69, 9.17) is 17.3 Å². The quantitative estimate of drug-likeness (QED) is 0.632. The van der Waals surface area contributed by atoms with E-state index in [1.54, 1.807) is 12.1 Å². The molecule has 0 spiro atoms. The molecule has 1 saturated carbocycles.